The fraction of sp³-hybridized carbons (Fsp3) is 0.136. The molecule has 0 aliphatic heterocycles. The van der Waals surface area contributed by atoms with E-state index < -0.39 is 24.4 Å². The number of hydrogen-bond donors (Lipinski definition) is 2. The third-order valence-electron chi connectivity index (χ3n) is 4.72. The highest BCUT2D eigenvalue weighted by Crippen LogP contribution is 2.31. The first kappa shape index (κ1) is 22.1. The van der Waals surface area contributed by atoms with Crippen molar-refractivity contribution in [3.63, 3.8) is 0 Å². The molecular weight excluding hydrogens is 442 g/mol. The van der Waals surface area contributed by atoms with Crippen molar-refractivity contribution in [2.45, 2.75) is 19.8 Å². The Morgan fingerprint density at radius 2 is 1.79 bits per heavy atom. The minimum Gasteiger partial charge on any atom is -0.477 e. The van der Waals surface area contributed by atoms with Crippen LogP contribution in [0.15, 0.2) is 48.7 Å². The second-order valence-corrected chi connectivity index (χ2v) is 7.08. The van der Waals surface area contributed by atoms with Crippen LogP contribution in [0.3, 0.4) is 0 Å². The SMILES string of the molecule is Cc1cc(Nc2ccc(C(F)(F)F)cc2)c2ncc(-c3nc(C(=O)O)ccc3CF)nc2n1. The lowest BCUT2D eigenvalue weighted by atomic mass is 10.1. The summed E-state index contributed by atoms with van der Waals surface area (Å²) in [5, 5.41) is 12.2. The van der Waals surface area contributed by atoms with Crippen molar-refractivity contribution >= 4 is 28.5 Å². The normalized spacial score (nSPS) is 11.5. The van der Waals surface area contributed by atoms with E-state index in [4.69, 9.17) is 0 Å². The summed E-state index contributed by atoms with van der Waals surface area (Å²) in [6.45, 7) is 0.811. The summed E-state index contributed by atoms with van der Waals surface area (Å²) in [7, 11) is 0. The fourth-order valence-electron chi connectivity index (χ4n) is 3.17. The quantitative estimate of drug-likeness (QED) is 0.391. The van der Waals surface area contributed by atoms with Crippen molar-refractivity contribution in [2.75, 3.05) is 5.32 Å². The van der Waals surface area contributed by atoms with Gasteiger partial charge in [0, 0.05) is 16.9 Å². The number of hydrogen-bond acceptors (Lipinski definition) is 6. The summed E-state index contributed by atoms with van der Waals surface area (Å²) in [4.78, 5) is 28.3. The number of halogens is 4. The highest BCUT2D eigenvalue weighted by Gasteiger charge is 2.30. The van der Waals surface area contributed by atoms with Gasteiger partial charge in [0.1, 0.15) is 23.6 Å². The van der Waals surface area contributed by atoms with E-state index in [9.17, 15) is 27.5 Å². The van der Waals surface area contributed by atoms with Crippen LogP contribution in [0.4, 0.5) is 28.9 Å². The Bertz CT molecular complexity index is 1360. The highest BCUT2D eigenvalue weighted by molar-refractivity contribution is 5.89. The average molecular weight is 457 g/mol. The number of anilines is 2. The topological polar surface area (TPSA) is 101 Å². The Morgan fingerprint density at radius 3 is 2.42 bits per heavy atom. The maximum absolute atomic E-state index is 13.5. The van der Waals surface area contributed by atoms with Gasteiger partial charge in [0.15, 0.2) is 5.65 Å². The lowest BCUT2D eigenvalue weighted by molar-refractivity contribution is -0.137. The zero-order valence-electron chi connectivity index (χ0n) is 17.0. The molecule has 7 nitrogen and oxygen atoms in total. The molecule has 0 spiro atoms. The number of carboxylic acid groups (broad SMARTS) is 1. The summed E-state index contributed by atoms with van der Waals surface area (Å²) in [6, 6.07) is 8.68. The van der Waals surface area contributed by atoms with Crippen LogP contribution in [-0.2, 0) is 12.9 Å². The molecule has 0 radical (unpaired) electrons. The number of nitrogens with zero attached hydrogens (tertiary/aromatic N) is 4. The molecular formula is C22H15F4N5O2. The molecule has 3 aromatic heterocycles. The number of aromatic carboxylic acids is 1. The first-order chi connectivity index (χ1) is 15.7. The molecule has 0 unspecified atom stereocenters. The number of carboxylic acids is 1. The Morgan fingerprint density at radius 1 is 1.06 bits per heavy atom. The highest BCUT2D eigenvalue weighted by atomic mass is 19.4. The predicted molar refractivity (Wildman–Crippen MR) is 112 cm³/mol. The first-order valence-electron chi connectivity index (χ1n) is 9.54. The average Bonchev–Trinajstić information content (AvgIpc) is 2.77. The van der Waals surface area contributed by atoms with E-state index in [1.807, 2.05) is 0 Å². The third kappa shape index (κ3) is 4.56. The number of carbonyl (C=O) groups is 1. The standard InChI is InChI=1S/C22H15F4N5O2/c1-11-8-16(29-14-5-3-13(4-6-14)22(24,25)26)19-20(28-11)31-17(10-27-19)18-12(9-23)2-7-15(30-18)21(32)33/h2-8,10H,9H2,1H3,(H,32,33)(H,28,29,31). The second kappa shape index (κ2) is 8.41. The summed E-state index contributed by atoms with van der Waals surface area (Å²) in [5.74, 6) is -1.27. The van der Waals surface area contributed by atoms with Crippen LogP contribution in [-0.4, -0.2) is 31.0 Å². The molecule has 0 saturated heterocycles. The number of alkyl halides is 4. The van der Waals surface area contributed by atoms with E-state index in [2.05, 4.69) is 25.3 Å². The molecule has 4 rings (SSSR count). The molecule has 0 aliphatic carbocycles. The van der Waals surface area contributed by atoms with Gasteiger partial charge in [0.05, 0.1) is 23.1 Å². The summed E-state index contributed by atoms with van der Waals surface area (Å²) >= 11 is 0. The number of pyridine rings is 2. The molecule has 33 heavy (non-hydrogen) atoms. The lowest BCUT2D eigenvalue weighted by Gasteiger charge is -2.12. The van der Waals surface area contributed by atoms with Crippen LogP contribution >= 0.6 is 0 Å². The van der Waals surface area contributed by atoms with Gasteiger partial charge in [-0.1, -0.05) is 6.07 Å². The van der Waals surface area contributed by atoms with E-state index in [-0.39, 0.29) is 28.3 Å². The van der Waals surface area contributed by atoms with Gasteiger partial charge in [-0.25, -0.2) is 29.1 Å². The van der Waals surface area contributed by atoms with Crippen LogP contribution in [0.25, 0.3) is 22.6 Å². The number of rotatable bonds is 5. The van der Waals surface area contributed by atoms with E-state index in [0.29, 0.717) is 22.6 Å². The molecule has 11 heteroatoms. The monoisotopic (exact) mass is 457 g/mol. The minimum atomic E-state index is -4.44. The van der Waals surface area contributed by atoms with Crippen molar-refractivity contribution in [1.29, 1.82) is 0 Å². The molecule has 1 aromatic carbocycles. The third-order valence-corrected chi connectivity index (χ3v) is 4.72. The lowest BCUT2D eigenvalue weighted by Crippen LogP contribution is -2.05. The number of fused-ring (bicyclic) bond motifs is 1. The maximum atomic E-state index is 13.5. The van der Waals surface area contributed by atoms with Crippen LogP contribution in [0.2, 0.25) is 0 Å². The molecule has 0 saturated carbocycles. The summed E-state index contributed by atoms with van der Waals surface area (Å²) < 4.78 is 51.9. The first-order valence-corrected chi connectivity index (χ1v) is 9.54. The van der Waals surface area contributed by atoms with Gasteiger partial charge < -0.3 is 10.4 Å². The maximum Gasteiger partial charge on any atom is 0.416 e. The Balaban J connectivity index is 1.75. The zero-order chi connectivity index (χ0) is 23.8. The van der Waals surface area contributed by atoms with Crippen molar-refractivity contribution in [3.8, 4) is 11.4 Å². The van der Waals surface area contributed by atoms with Crippen molar-refractivity contribution in [2.24, 2.45) is 0 Å². The van der Waals surface area contributed by atoms with Crippen molar-refractivity contribution < 1.29 is 27.5 Å². The van der Waals surface area contributed by atoms with Crippen molar-refractivity contribution in [1.82, 2.24) is 19.9 Å². The Kier molecular flexibility index (Phi) is 5.62. The van der Waals surface area contributed by atoms with Gasteiger partial charge >= 0.3 is 12.1 Å². The van der Waals surface area contributed by atoms with Gasteiger partial charge in [0.2, 0.25) is 0 Å². The summed E-state index contributed by atoms with van der Waals surface area (Å²) in [6.07, 6.45) is -3.13. The molecule has 4 aromatic rings. The van der Waals surface area contributed by atoms with Crippen molar-refractivity contribution in [3.05, 3.63) is 71.2 Å². The Labute approximate surface area is 184 Å². The van der Waals surface area contributed by atoms with E-state index in [1.165, 1.54) is 30.5 Å². The predicted octanol–water partition coefficient (Wildman–Crippen LogP) is 5.33. The molecule has 0 fully saturated rings. The number of aromatic nitrogens is 4. The number of nitrogens with one attached hydrogen (secondary N) is 1. The molecule has 3 heterocycles. The molecule has 168 valence electrons. The van der Waals surface area contributed by atoms with Gasteiger partial charge in [-0.05, 0) is 43.3 Å². The fourth-order valence-corrected chi connectivity index (χ4v) is 3.17. The minimum absolute atomic E-state index is 0.0346. The van der Waals surface area contributed by atoms with Crippen LogP contribution in [0.1, 0.15) is 27.3 Å². The molecule has 0 amide bonds. The smallest absolute Gasteiger partial charge is 0.416 e. The van der Waals surface area contributed by atoms with Crippen LogP contribution < -0.4 is 5.32 Å². The van der Waals surface area contributed by atoms with Gasteiger partial charge in [-0.15, -0.1) is 0 Å². The molecule has 0 atom stereocenters. The molecule has 0 bridgehead atoms. The summed E-state index contributed by atoms with van der Waals surface area (Å²) in [5.41, 5.74) is 1.16. The van der Waals surface area contributed by atoms with E-state index >= 15 is 0 Å². The number of aryl methyl sites for hydroxylation is 1. The van der Waals surface area contributed by atoms with Crippen LogP contribution in [0, 0.1) is 6.92 Å². The van der Waals surface area contributed by atoms with E-state index in [0.717, 1.165) is 12.1 Å². The zero-order valence-corrected chi connectivity index (χ0v) is 17.0. The van der Waals surface area contributed by atoms with Gasteiger partial charge in [0.25, 0.3) is 0 Å². The second-order valence-electron chi connectivity index (χ2n) is 7.08. The molecule has 2 N–H and O–H groups in total. The largest absolute Gasteiger partial charge is 0.477 e. The van der Waals surface area contributed by atoms with E-state index in [1.54, 1.807) is 13.0 Å². The van der Waals surface area contributed by atoms with Gasteiger partial charge in [-0.3, -0.25) is 0 Å². The molecule has 0 aliphatic rings. The Hall–Kier alpha value is -4.15. The number of benzene rings is 1. The van der Waals surface area contributed by atoms with Gasteiger partial charge in [-0.2, -0.15) is 13.2 Å². The van der Waals surface area contributed by atoms with Crippen LogP contribution in [0.5, 0.6) is 0 Å².